The maximum absolute atomic E-state index is 12.8. The zero-order chi connectivity index (χ0) is 47.9. The minimum absolute atomic E-state index is 0.0853. The van der Waals surface area contributed by atoms with Crippen LogP contribution >= 0.6 is 0 Å². The number of ether oxygens (including phenoxy) is 3. The summed E-state index contributed by atoms with van der Waals surface area (Å²) in [7, 11) is 0. The summed E-state index contributed by atoms with van der Waals surface area (Å²) in [5.41, 5.74) is 0. The highest BCUT2D eigenvalue weighted by atomic mass is 16.6. The van der Waals surface area contributed by atoms with Crippen molar-refractivity contribution >= 4 is 17.9 Å². The van der Waals surface area contributed by atoms with Crippen LogP contribution in [-0.4, -0.2) is 37.2 Å². The number of hydrogen-bond donors (Lipinski definition) is 0. The van der Waals surface area contributed by atoms with Crippen LogP contribution in [0.3, 0.4) is 0 Å². The van der Waals surface area contributed by atoms with E-state index >= 15 is 0 Å². The van der Waals surface area contributed by atoms with Crippen LogP contribution in [0.5, 0.6) is 0 Å². The highest BCUT2D eigenvalue weighted by molar-refractivity contribution is 5.71. The van der Waals surface area contributed by atoms with Gasteiger partial charge in [0.2, 0.25) is 0 Å². The number of allylic oxidation sites excluding steroid dienone is 14. The van der Waals surface area contributed by atoms with Crippen molar-refractivity contribution in [2.75, 3.05) is 13.2 Å². The van der Waals surface area contributed by atoms with Gasteiger partial charge in [-0.1, -0.05) is 228 Å². The zero-order valence-electron chi connectivity index (χ0n) is 43.2. The lowest BCUT2D eigenvalue weighted by molar-refractivity contribution is -0.167. The van der Waals surface area contributed by atoms with Gasteiger partial charge in [0.1, 0.15) is 13.2 Å². The topological polar surface area (TPSA) is 78.9 Å². The van der Waals surface area contributed by atoms with Crippen LogP contribution in [0.2, 0.25) is 0 Å². The lowest BCUT2D eigenvalue weighted by Crippen LogP contribution is -2.30. The number of carbonyl (C=O) groups excluding carboxylic acids is 3. The smallest absolute Gasteiger partial charge is 0.306 e. The molecule has 6 nitrogen and oxygen atoms in total. The Labute approximate surface area is 407 Å². The average Bonchev–Trinajstić information content (AvgIpc) is 3.31. The van der Waals surface area contributed by atoms with E-state index in [-0.39, 0.29) is 31.1 Å². The van der Waals surface area contributed by atoms with Crippen molar-refractivity contribution in [3.8, 4) is 0 Å². The van der Waals surface area contributed by atoms with Crippen LogP contribution in [0, 0.1) is 0 Å². The molecule has 0 spiro atoms. The third kappa shape index (κ3) is 51.6. The molecule has 1 unspecified atom stereocenters. The van der Waals surface area contributed by atoms with Gasteiger partial charge in [0, 0.05) is 19.3 Å². The highest BCUT2D eigenvalue weighted by Gasteiger charge is 2.19. The molecule has 0 rings (SSSR count). The molecular formula is C60H102O6. The zero-order valence-corrected chi connectivity index (χ0v) is 43.2. The first-order valence-corrected chi connectivity index (χ1v) is 27.6. The molecule has 0 aromatic carbocycles. The van der Waals surface area contributed by atoms with Gasteiger partial charge >= 0.3 is 17.9 Å². The Balaban J connectivity index is 4.22. The number of unbranched alkanes of at least 4 members (excludes halogenated alkanes) is 24. The molecule has 0 aliphatic rings. The molecule has 0 saturated heterocycles. The lowest BCUT2D eigenvalue weighted by atomic mass is 10.1. The molecule has 0 aliphatic heterocycles. The maximum Gasteiger partial charge on any atom is 0.306 e. The second kappa shape index (κ2) is 54.2. The van der Waals surface area contributed by atoms with Gasteiger partial charge in [-0.2, -0.15) is 0 Å². The Bertz CT molecular complexity index is 1290. The molecule has 378 valence electrons. The molecule has 0 radical (unpaired) electrons. The SMILES string of the molecule is CC/C=C\C/C=C\C/C=C\C/C=C\CCCCCCCCC(=O)OC(COC(=O)CCCCCCCC)COC(=O)CCCCCCCCCC/C=C\C/C=C\C/C=C\CCCCCCC. The molecule has 0 aromatic rings. The first-order chi connectivity index (χ1) is 32.5. The Kier molecular flexibility index (Phi) is 51.4. The van der Waals surface area contributed by atoms with Crippen molar-refractivity contribution < 1.29 is 28.6 Å². The molecule has 0 aromatic heterocycles. The van der Waals surface area contributed by atoms with Crippen LogP contribution in [0.4, 0.5) is 0 Å². The summed E-state index contributed by atoms with van der Waals surface area (Å²) in [4.78, 5) is 37.8. The average molecular weight is 919 g/mol. The van der Waals surface area contributed by atoms with Crippen LogP contribution in [0.25, 0.3) is 0 Å². The third-order valence-electron chi connectivity index (χ3n) is 11.6. The summed E-state index contributed by atoms with van der Waals surface area (Å²) >= 11 is 0. The van der Waals surface area contributed by atoms with Gasteiger partial charge in [0.25, 0.3) is 0 Å². The van der Waals surface area contributed by atoms with E-state index in [4.69, 9.17) is 14.2 Å². The van der Waals surface area contributed by atoms with Crippen molar-refractivity contribution in [3.63, 3.8) is 0 Å². The molecule has 0 bridgehead atoms. The fourth-order valence-corrected chi connectivity index (χ4v) is 7.50. The normalized spacial score (nSPS) is 12.7. The Hall–Kier alpha value is -3.41. The molecule has 0 heterocycles. The summed E-state index contributed by atoms with van der Waals surface area (Å²) < 4.78 is 16.7. The van der Waals surface area contributed by atoms with Gasteiger partial charge in [-0.25, -0.2) is 0 Å². The van der Waals surface area contributed by atoms with Crippen LogP contribution in [-0.2, 0) is 28.6 Å². The predicted molar refractivity (Wildman–Crippen MR) is 284 cm³/mol. The minimum atomic E-state index is -0.785. The van der Waals surface area contributed by atoms with E-state index < -0.39 is 6.10 Å². The Morgan fingerprint density at radius 3 is 0.924 bits per heavy atom. The minimum Gasteiger partial charge on any atom is -0.462 e. The van der Waals surface area contributed by atoms with Crippen LogP contribution in [0.1, 0.15) is 258 Å². The van der Waals surface area contributed by atoms with E-state index in [2.05, 4.69) is 106 Å². The molecular weight excluding hydrogens is 817 g/mol. The Morgan fingerprint density at radius 1 is 0.318 bits per heavy atom. The highest BCUT2D eigenvalue weighted by Crippen LogP contribution is 2.14. The Morgan fingerprint density at radius 2 is 0.591 bits per heavy atom. The van der Waals surface area contributed by atoms with Crippen molar-refractivity contribution in [1.82, 2.24) is 0 Å². The standard InChI is InChI=1S/C60H102O6/c1-4-7-10-13-16-18-20-22-24-26-28-29-30-31-33-34-36-38-40-42-44-47-50-53-59(62)65-56-57(55-64-58(61)52-49-46-15-12-9-6-3)66-60(63)54-51-48-45-43-41-39-37-35-32-27-25-23-21-19-17-14-11-8-5-2/h8,11,17,19-20,22-23,25-26,28,30-32,35,57H,4-7,9-10,12-16,18,21,24,27,29,33-34,36-56H2,1-3H3/b11-8-,19-17-,22-20-,25-23-,28-26-,31-30-,35-32-. The van der Waals surface area contributed by atoms with Gasteiger partial charge < -0.3 is 14.2 Å². The van der Waals surface area contributed by atoms with E-state index in [1.165, 1.54) is 103 Å². The van der Waals surface area contributed by atoms with E-state index in [0.29, 0.717) is 19.3 Å². The van der Waals surface area contributed by atoms with Crippen molar-refractivity contribution in [2.24, 2.45) is 0 Å². The molecule has 0 fully saturated rings. The second-order valence-electron chi connectivity index (χ2n) is 18.1. The summed E-state index contributed by atoms with van der Waals surface area (Å²) in [5.74, 6) is -0.915. The van der Waals surface area contributed by atoms with E-state index in [1.54, 1.807) is 0 Å². The van der Waals surface area contributed by atoms with Crippen LogP contribution < -0.4 is 0 Å². The number of carbonyl (C=O) groups is 3. The molecule has 66 heavy (non-hydrogen) atoms. The third-order valence-corrected chi connectivity index (χ3v) is 11.6. The van der Waals surface area contributed by atoms with Gasteiger partial charge in [0.05, 0.1) is 0 Å². The number of hydrogen-bond acceptors (Lipinski definition) is 6. The van der Waals surface area contributed by atoms with Crippen molar-refractivity contribution in [1.29, 1.82) is 0 Å². The van der Waals surface area contributed by atoms with E-state index in [1.807, 2.05) is 0 Å². The van der Waals surface area contributed by atoms with Gasteiger partial charge in [0.15, 0.2) is 6.10 Å². The van der Waals surface area contributed by atoms with Gasteiger partial charge in [-0.3, -0.25) is 14.4 Å². The first-order valence-electron chi connectivity index (χ1n) is 27.6. The molecule has 0 N–H and O–H groups in total. The van der Waals surface area contributed by atoms with Crippen molar-refractivity contribution in [2.45, 2.75) is 264 Å². The van der Waals surface area contributed by atoms with E-state index in [9.17, 15) is 14.4 Å². The summed E-state index contributed by atoms with van der Waals surface area (Å²) in [6.45, 7) is 6.44. The molecule has 0 amide bonds. The molecule has 6 heteroatoms. The fraction of sp³-hybridized carbons (Fsp3) is 0.717. The second-order valence-corrected chi connectivity index (χ2v) is 18.1. The number of rotatable bonds is 49. The number of esters is 3. The van der Waals surface area contributed by atoms with Crippen molar-refractivity contribution in [3.05, 3.63) is 85.1 Å². The molecule has 0 aliphatic carbocycles. The van der Waals surface area contributed by atoms with E-state index in [0.717, 1.165) is 116 Å². The fourth-order valence-electron chi connectivity index (χ4n) is 7.50. The largest absolute Gasteiger partial charge is 0.462 e. The maximum atomic E-state index is 12.8. The lowest BCUT2D eigenvalue weighted by Gasteiger charge is -2.18. The van der Waals surface area contributed by atoms with Gasteiger partial charge in [-0.05, 0) is 96.3 Å². The molecule has 0 saturated carbocycles. The first kappa shape index (κ1) is 62.6. The summed E-state index contributed by atoms with van der Waals surface area (Å²) in [6, 6.07) is 0. The predicted octanol–water partition coefficient (Wildman–Crippen LogP) is 18.4. The molecule has 1 atom stereocenters. The quantitative estimate of drug-likeness (QED) is 0.0262. The van der Waals surface area contributed by atoms with Crippen LogP contribution in [0.15, 0.2) is 85.1 Å². The monoisotopic (exact) mass is 919 g/mol. The summed E-state index contributed by atoms with van der Waals surface area (Å²) in [6.07, 6.45) is 70.2. The van der Waals surface area contributed by atoms with Gasteiger partial charge in [-0.15, -0.1) is 0 Å². The summed E-state index contributed by atoms with van der Waals surface area (Å²) in [5, 5.41) is 0.